The lowest BCUT2D eigenvalue weighted by Crippen LogP contribution is -2.40. The van der Waals surface area contributed by atoms with E-state index < -0.39 is 0 Å². The molecular weight excluding hydrogens is 271 g/mol. The summed E-state index contributed by atoms with van der Waals surface area (Å²) in [5.41, 5.74) is 0.326. The summed E-state index contributed by atoms with van der Waals surface area (Å²) in [7, 11) is 1.78. The van der Waals surface area contributed by atoms with Gasteiger partial charge in [-0.1, -0.05) is 12.1 Å². The Labute approximate surface area is 122 Å². The highest BCUT2D eigenvalue weighted by Gasteiger charge is 2.37. The fraction of sp³-hybridized carbons (Fsp3) is 0.267. The maximum absolute atomic E-state index is 13.8. The Morgan fingerprint density at radius 3 is 2.67 bits per heavy atom. The zero-order valence-electron chi connectivity index (χ0n) is 11.6. The number of amides is 1. The molecule has 6 heteroatoms. The minimum absolute atomic E-state index is 0.130. The van der Waals surface area contributed by atoms with Gasteiger partial charge in [0.25, 0.3) is 0 Å². The van der Waals surface area contributed by atoms with Gasteiger partial charge in [0.1, 0.15) is 11.9 Å². The second-order valence-corrected chi connectivity index (χ2v) is 4.91. The van der Waals surface area contributed by atoms with Crippen LogP contribution in [0.1, 0.15) is 6.42 Å². The van der Waals surface area contributed by atoms with Crippen LogP contribution in [-0.4, -0.2) is 35.5 Å². The number of hydrogen-bond donors (Lipinski definition) is 0. The summed E-state index contributed by atoms with van der Waals surface area (Å²) >= 11 is 0. The van der Waals surface area contributed by atoms with Gasteiger partial charge >= 0.3 is 0 Å². The Balaban J connectivity index is 1.83. The molecule has 1 amide bonds. The first-order valence-electron chi connectivity index (χ1n) is 6.74. The molecule has 1 aliphatic rings. The second-order valence-electron chi connectivity index (χ2n) is 4.91. The summed E-state index contributed by atoms with van der Waals surface area (Å²) in [4.78, 5) is 24.0. The smallest absolute Gasteiger partial charge is 0.249 e. The van der Waals surface area contributed by atoms with Crippen LogP contribution in [0.15, 0.2) is 42.7 Å². The van der Waals surface area contributed by atoms with Crippen molar-refractivity contribution in [2.24, 2.45) is 0 Å². The van der Waals surface area contributed by atoms with Crippen LogP contribution in [0.2, 0.25) is 0 Å². The van der Waals surface area contributed by atoms with Crippen molar-refractivity contribution in [1.82, 2.24) is 9.97 Å². The molecule has 0 N–H and O–H groups in total. The summed E-state index contributed by atoms with van der Waals surface area (Å²) in [6.07, 6.45) is 3.88. The van der Waals surface area contributed by atoms with Gasteiger partial charge in [0, 0.05) is 26.0 Å². The van der Waals surface area contributed by atoms with E-state index in [0.717, 1.165) is 0 Å². The van der Waals surface area contributed by atoms with E-state index >= 15 is 0 Å². The molecular formula is C15H15FN4O. The molecule has 0 bridgehead atoms. The number of likely N-dealkylation sites (N-methyl/N-ethyl adjacent to an activating group) is 1. The third-order valence-electron chi connectivity index (χ3n) is 3.66. The fourth-order valence-corrected chi connectivity index (χ4v) is 2.55. The zero-order chi connectivity index (χ0) is 14.8. The molecule has 108 valence electrons. The van der Waals surface area contributed by atoms with Crippen molar-refractivity contribution in [3.63, 3.8) is 0 Å². The minimum atomic E-state index is -0.384. The van der Waals surface area contributed by atoms with E-state index in [2.05, 4.69) is 9.97 Å². The monoisotopic (exact) mass is 286 g/mol. The van der Waals surface area contributed by atoms with Gasteiger partial charge in [-0.05, 0) is 24.6 Å². The Bertz CT molecular complexity index is 649. The number of hydrogen-bond acceptors (Lipinski definition) is 4. The molecule has 1 atom stereocenters. The minimum Gasteiger partial charge on any atom is -0.332 e. The van der Waals surface area contributed by atoms with Crippen molar-refractivity contribution in [1.29, 1.82) is 0 Å². The van der Waals surface area contributed by atoms with Crippen molar-refractivity contribution in [2.45, 2.75) is 12.5 Å². The zero-order valence-corrected chi connectivity index (χ0v) is 11.6. The highest BCUT2D eigenvalue weighted by atomic mass is 19.1. The van der Waals surface area contributed by atoms with Gasteiger partial charge in [0.05, 0.1) is 5.69 Å². The van der Waals surface area contributed by atoms with E-state index in [-0.39, 0.29) is 17.8 Å². The van der Waals surface area contributed by atoms with Gasteiger partial charge in [-0.2, -0.15) is 0 Å². The van der Waals surface area contributed by atoms with Crippen molar-refractivity contribution < 1.29 is 9.18 Å². The average molecular weight is 286 g/mol. The van der Waals surface area contributed by atoms with E-state index in [0.29, 0.717) is 24.6 Å². The van der Waals surface area contributed by atoms with Gasteiger partial charge in [-0.25, -0.2) is 14.4 Å². The van der Waals surface area contributed by atoms with E-state index in [1.54, 1.807) is 48.6 Å². The molecule has 1 aromatic heterocycles. The first-order chi connectivity index (χ1) is 10.2. The lowest BCUT2D eigenvalue weighted by Gasteiger charge is -2.23. The van der Waals surface area contributed by atoms with Gasteiger partial charge in [-0.15, -0.1) is 0 Å². The van der Waals surface area contributed by atoms with Crippen LogP contribution in [0.5, 0.6) is 0 Å². The summed E-state index contributed by atoms with van der Waals surface area (Å²) < 4.78 is 13.8. The van der Waals surface area contributed by atoms with Crippen LogP contribution in [-0.2, 0) is 4.79 Å². The summed E-state index contributed by atoms with van der Waals surface area (Å²) in [5, 5.41) is 0. The molecule has 1 saturated heterocycles. The molecule has 0 radical (unpaired) electrons. The largest absolute Gasteiger partial charge is 0.332 e. The summed E-state index contributed by atoms with van der Waals surface area (Å²) in [6.45, 7) is 0.488. The van der Waals surface area contributed by atoms with Crippen molar-refractivity contribution >= 4 is 17.5 Å². The maximum atomic E-state index is 13.8. The number of nitrogens with zero attached hydrogens (tertiary/aromatic N) is 4. The van der Waals surface area contributed by atoms with Crippen LogP contribution >= 0.6 is 0 Å². The molecule has 0 aliphatic carbocycles. The third-order valence-corrected chi connectivity index (χ3v) is 3.66. The average Bonchev–Trinajstić information content (AvgIpc) is 2.89. The van der Waals surface area contributed by atoms with Crippen molar-refractivity contribution in [3.8, 4) is 0 Å². The highest BCUT2D eigenvalue weighted by molar-refractivity contribution is 6.01. The number of para-hydroxylation sites is 1. The number of carbonyl (C=O) groups excluding carboxylic acids is 1. The Morgan fingerprint density at radius 1 is 1.24 bits per heavy atom. The van der Waals surface area contributed by atoms with Gasteiger partial charge in [0.15, 0.2) is 0 Å². The van der Waals surface area contributed by atoms with Gasteiger partial charge in [0.2, 0.25) is 11.9 Å². The van der Waals surface area contributed by atoms with Crippen LogP contribution in [0.4, 0.5) is 16.0 Å². The first kappa shape index (κ1) is 13.5. The van der Waals surface area contributed by atoms with Gasteiger partial charge in [-0.3, -0.25) is 4.79 Å². The van der Waals surface area contributed by atoms with Crippen molar-refractivity contribution in [2.75, 3.05) is 23.4 Å². The van der Waals surface area contributed by atoms with Crippen LogP contribution in [0, 0.1) is 5.82 Å². The molecule has 2 aromatic rings. The molecule has 0 spiro atoms. The summed E-state index contributed by atoms with van der Waals surface area (Å²) in [6, 6.07) is 7.67. The maximum Gasteiger partial charge on any atom is 0.249 e. The van der Waals surface area contributed by atoms with Crippen LogP contribution < -0.4 is 9.80 Å². The molecule has 3 rings (SSSR count). The fourth-order valence-electron chi connectivity index (χ4n) is 2.55. The number of carbonyl (C=O) groups is 1. The highest BCUT2D eigenvalue weighted by Crippen LogP contribution is 2.27. The van der Waals surface area contributed by atoms with Crippen LogP contribution in [0.3, 0.4) is 0 Å². The SMILES string of the molecule is CN(c1ncccn1)C1CCN(c2ccccc2F)C1=O. The standard InChI is InChI=1S/C15H15FN4O/c1-19(15-17-8-4-9-18-15)13-7-10-20(14(13)21)12-6-3-2-5-11(12)16/h2-6,8-9,13H,7,10H2,1H3. The molecule has 5 nitrogen and oxygen atoms in total. The Morgan fingerprint density at radius 2 is 1.95 bits per heavy atom. The van der Waals surface area contributed by atoms with E-state index in [4.69, 9.17) is 0 Å². The Hall–Kier alpha value is -2.50. The molecule has 0 saturated carbocycles. The molecule has 1 aliphatic heterocycles. The number of benzene rings is 1. The molecule has 1 unspecified atom stereocenters. The van der Waals surface area contributed by atoms with E-state index in [1.165, 1.54) is 11.0 Å². The second kappa shape index (κ2) is 5.47. The third kappa shape index (κ3) is 2.44. The quantitative estimate of drug-likeness (QED) is 0.864. The summed E-state index contributed by atoms with van der Waals surface area (Å²) in [5.74, 6) is -0.0219. The molecule has 2 heterocycles. The molecule has 21 heavy (non-hydrogen) atoms. The predicted molar refractivity (Wildman–Crippen MR) is 77.6 cm³/mol. The lowest BCUT2D eigenvalue weighted by atomic mass is 10.2. The van der Waals surface area contributed by atoms with E-state index in [1.807, 2.05) is 0 Å². The predicted octanol–water partition coefficient (Wildman–Crippen LogP) is 1.86. The Kier molecular flexibility index (Phi) is 3.51. The number of halogens is 1. The molecule has 1 fully saturated rings. The first-order valence-corrected chi connectivity index (χ1v) is 6.74. The topological polar surface area (TPSA) is 49.3 Å². The normalized spacial score (nSPS) is 18.1. The number of rotatable bonds is 3. The van der Waals surface area contributed by atoms with Crippen molar-refractivity contribution in [3.05, 3.63) is 48.5 Å². The van der Waals surface area contributed by atoms with Gasteiger partial charge < -0.3 is 9.80 Å². The number of anilines is 2. The van der Waals surface area contributed by atoms with E-state index in [9.17, 15) is 9.18 Å². The van der Waals surface area contributed by atoms with Crippen LogP contribution in [0.25, 0.3) is 0 Å². The number of aromatic nitrogens is 2. The lowest BCUT2D eigenvalue weighted by molar-refractivity contribution is -0.118. The molecule has 1 aromatic carbocycles.